The normalized spacial score (nSPS) is 10.8. The number of methoxy groups -OCH3 is 1. The Balaban J connectivity index is 1.54. The molecule has 0 aliphatic rings. The molecule has 146 valence electrons. The lowest BCUT2D eigenvalue weighted by atomic mass is 10.3. The van der Waals surface area contributed by atoms with Crippen LogP contribution < -0.4 is 10.1 Å². The summed E-state index contributed by atoms with van der Waals surface area (Å²) in [5.41, 5.74) is 3.52. The second-order valence-electron chi connectivity index (χ2n) is 6.24. The summed E-state index contributed by atoms with van der Waals surface area (Å²) in [6, 6.07) is 23.1. The zero-order chi connectivity index (χ0) is 20.2. The number of anilines is 1. The molecule has 0 radical (unpaired) electrons. The van der Waals surface area contributed by atoms with E-state index in [4.69, 9.17) is 21.3 Å². The van der Waals surface area contributed by atoms with E-state index in [1.54, 1.807) is 25.3 Å². The first-order valence-corrected chi connectivity index (χ1v) is 10.3. The molecule has 7 heteroatoms. The Kier molecular flexibility index (Phi) is 5.74. The Hall–Kier alpha value is -2.96. The summed E-state index contributed by atoms with van der Waals surface area (Å²) < 4.78 is 7.20. The predicted octanol–water partition coefficient (Wildman–Crippen LogP) is 5.42. The topological polar surface area (TPSA) is 56.1 Å². The summed E-state index contributed by atoms with van der Waals surface area (Å²) >= 11 is 7.51. The molecular formula is C22H18ClN3O2S. The quantitative estimate of drug-likeness (QED) is 0.421. The molecule has 0 saturated carbocycles. The maximum atomic E-state index is 12.5. The van der Waals surface area contributed by atoms with Crippen LogP contribution in [-0.2, 0) is 4.79 Å². The van der Waals surface area contributed by atoms with E-state index >= 15 is 0 Å². The Morgan fingerprint density at radius 3 is 2.62 bits per heavy atom. The molecule has 1 N–H and O–H groups in total. The highest BCUT2D eigenvalue weighted by atomic mass is 35.5. The Bertz CT molecular complexity index is 1160. The van der Waals surface area contributed by atoms with Gasteiger partial charge in [-0.3, -0.25) is 9.36 Å². The number of imidazole rings is 1. The van der Waals surface area contributed by atoms with Gasteiger partial charge in [0.1, 0.15) is 5.75 Å². The lowest BCUT2D eigenvalue weighted by molar-refractivity contribution is -0.113. The Morgan fingerprint density at radius 1 is 1.10 bits per heavy atom. The van der Waals surface area contributed by atoms with Crippen molar-refractivity contribution in [3.8, 4) is 11.4 Å². The van der Waals surface area contributed by atoms with Crippen molar-refractivity contribution in [2.75, 3.05) is 18.2 Å². The van der Waals surface area contributed by atoms with Crippen molar-refractivity contribution < 1.29 is 9.53 Å². The molecule has 0 fully saturated rings. The number of carbonyl (C=O) groups is 1. The summed E-state index contributed by atoms with van der Waals surface area (Å²) in [6.07, 6.45) is 0. The van der Waals surface area contributed by atoms with Gasteiger partial charge in [0.25, 0.3) is 0 Å². The van der Waals surface area contributed by atoms with Crippen molar-refractivity contribution in [3.63, 3.8) is 0 Å². The first-order valence-electron chi connectivity index (χ1n) is 8.95. The SMILES string of the molecule is COc1ccc(NC(=O)CSc2nc3ccccc3n2-c2ccccc2)cc1Cl. The third-order valence-corrected chi connectivity index (χ3v) is 5.55. The van der Waals surface area contributed by atoms with E-state index in [1.807, 2.05) is 54.6 Å². The number of hydrogen-bond acceptors (Lipinski definition) is 4. The number of nitrogens with one attached hydrogen (secondary N) is 1. The predicted molar refractivity (Wildman–Crippen MR) is 118 cm³/mol. The number of benzene rings is 3. The number of fused-ring (bicyclic) bond motifs is 1. The first-order chi connectivity index (χ1) is 14.2. The molecular weight excluding hydrogens is 406 g/mol. The molecule has 0 aliphatic heterocycles. The largest absolute Gasteiger partial charge is 0.495 e. The number of nitrogens with zero attached hydrogens (tertiary/aromatic N) is 2. The van der Waals surface area contributed by atoms with Crippen LogP contribution >= 0.6 is 23.4 Å². The lowest BCUT2D eigenvalue weighted by Crippen LogP contribution is -2.14. The molecule has 29 heavy (non-hydrogen) atoms. The van der Waals surface area contributed by atoms with Crippen LogP contribution in [0.1, 0.15) is 0 Å². The van der Waals surface area contributed by atoms with Crippen LogP contribution in [0, 0.1) is 0 Å². The van der Waals surface area contributed by atoms with Crippen LogP contribution in [-0.4, -0.2) is 28.3 Å². The van der Waals surface area contributed by atoms with Crippen LogP contribution in [0.4, 0.5) is 5.69 Å². The molecule has 3 aromatic carbocycles. The van der Waals surface area contributed by atoms with Gasteiger partial charge >= 0.3 is 0 Å². The second-order valence-corrected chi connectivity index (χ2v) is 7.59. The molecule has 0 aliphatic carbocycles. The average molecular weight is 424 g/mol. The van der Waals surface area contributed by atoms with Crippen molar-refractivity contribution in [2.45, 2.75) is 5.16 Å². The fraction of sp³-hybridized carbons (Fsp3) is 0.0909. The van der Waals surface area contributed by atoms with Gasteiger partial charge < -0.3 is 10.1 Å². The molecule has 5 nitrogen and oxygen atoms in total. The van der Waals surface area contributed by atoms with E-state index in [2.05, 4.69) is 9.88 Å². The van der Waals surface area contributed by atoms with Gasteiger partial charge in [-0.1, -0.05) is 53.7 Å². The highest BCUT2D eigenvalue weighted by Gasteiger charge is 2.14. The maximum Gasteiger partial charge on any atom is 0.234 e. The van der Waals surface area contributed by atoms with Crippen LogP contribution in [0.5, 0.6) is 5.75 Å². The van der Waals surface area contributed by atoms with Gasteiger partial charge in [-0.2, -0.15) is 0 Å². The van der Waals surface area contributed by atoms with Gasteiger partial charge in [0.15, 0.2) is 5.16 Å². The van der Waals surface area contributed by atoms with Gasteiger partial charge in [0.05, 0.1) is 28.9 Å². The number of para-hydroxylation sites is 3. The third kappa shape index (κ3) is 4.23. The fourth-order valence-electron chi connectivity index (χ4n) is 3.00. The minimum atomic E-state index is -0.136. The number of halogens is 1. The van der Waals surface area contributed by atoms with Crippen LogP contribution in [0.3, 0.4) is 0 Å². The van der Waals surface area contributed by atoms with Crippen LogP contribution in [0.2, 0.25) is 5.02 Å². The number of hydrogen-bond donors (Lipinski definition) is 1. The molecule has 0 spiro atoms. The van der Waals surface area contributed by atoms with E-state index in [0.717, 1.165) is 21.9 Å². The van der Waals surface area contributed by atoms with E-state index in [-0.39, 0.29) is 11.7 Å². The van der Waals surface area contributed by atoms with Crippen molar-refractivity contribution >= 4 is 46.0 Å². The fourth-order valence-corrected chi connectivity index (χ4v) is 4.08. The van der Waals surface area contributed by atoms with Crippen molar-refractivity contribution in [2.24, 2.45) is 0 Å². The third-order valence-electron chi connectivity index (χ3n) is 4.31. The highest BCUT2D eigenvalue weighted by Crippen LogP contribution is 2.29. The minimum Gasteiger partial charge on any atom is -0.495 e. The standard InChI is InChI=1S/C22H18ClN3O2S/c1-28-20-12-11-15(13-17(20)23)24-21(27)14-29-22-25-18-9-5-6-10-19(18)26(22)16-7-3-2-4-8-16/h2-13H,14H2,1H3,(H,24,27). The first kappa shape index (κ1) is 19.4. The summed E-state index contributed by atoms with van der Waals surface area (Å²) in [6.45, 7) is 0. The van der Waals surface area contributed by atoms with Gasteiger partial charge in [-0.05, 0) is 42.5 Å². The van der Waals surface area contributed by atoms with Crippen molar-refractivity contribution in [1.29, 1.82) is 0 Å². The van der Waals surface area contributed by atoms with Gasteiger partial charge in [-0.25, -0.2) is 4.98 Å². The molecule has 0 atom stereocenters. The summed E-state index contributed by atoms with van der Waals surface area (Å²) in [4.78, 5) is 17.2. The average Bonchev–Trinajstić information content (AvgIpc) is 3.11. The molecule has 4 rings (SSSR count). The molecule has 0 saturated heterocycles. The Morgan fingerprint density at radius 2 is 1.86 bits per heavy atom. The number of carbonyl (C=O) groups excluding carboxylic acids is 1. The summed E-state index contributed by atoms with van der Waals surface area (Å²) in [5.74, 6) is 0.651. The molecule has 1 amide bonds. The second kappa shape index (κ2) is 8.59. The van der Waals surface area contributed by atoms with Crippen LogP contribution in [0.25, 0.3) is 16.7 Å². The smallest absolute Gasteiger partial charge is 0.234 e. The number of ether oxygens (including phenoxy) is 1. The zero-order valence-electron chi connectivity index (χ0n) is 15.6. The van der Waals surface area contributed by atoms with Crippen molar-refractivity contribution in [3.05, 3.63) is 77.8 Å². The van der Waals surface area contributed by atoms with Gasteiger partial charge in [0, 0.05) is 11.4 Å². The molecule has 4 aromatic rings. The van der Waals surface area contributed by atoms with Crippen LogP contribution in [0.15, 0.2) is 78.0 Å². The van der Waals surface area contributed by atoms with E-state index in [0.29, 0.717) is 16.5 Å². The summed E-state index contributed by atoms with van der Waals surface area (Å²) in [7, 11) is 1.55. The molecule has 0 bridgehead atoms. The van der Waals surface area contributed by atoms with E-state index < -0.39 is 0 Å². The number of amides is 1. The molecule has 1 aromatic heterocycles. The van der Waals surface area contributed by atoms with E-state index in [9.17, 15) is 4.79 Å². The lowest BCUT2D eigenvalue weighted by Gasteiger charge is -2.10. The van der Waals surface area contributed by atoms with Gasteiger partial charge in [0.2, 0.25) is 5.91 Å². The zero-order valence-corrected chi connectivity index (χ0v) is 17.2. The van der Waals surface area contributed by atoms with Gasteiger partial charge in [-0.15, -0.1) is 0 Å². The van der Waals surface area contributed by atoms with Crippen molar-refractivity contribution in [1.82, 2.24) is 9.55 Å². The van der Waals surface area contributed by atoms with E-state index in [1.165, 1.54) is 11.8 Å². The maximum absolute atomic E-state index is 12.5. The number of thioether (sulfide) groups is 1. The number of rotatable bonds is 6. The monoisotopic (exact) mass is 423 g/mol. The highest BCUT2D eigenvalue weighted by molar-refractivity contribution is 7.99. The summed E-state index contributed by atoms with van der Waals surface area (Å²) in [5, 5.41) is 4.07. The molecule has 0 unspecified atom stereocenters. The molecule has 1 heterocycles. The Labute approximate surface area is 177 Å². The minimum absolute atomic E-state index is 0.136. The number of aromatic nitrogens is 2.